The maximum Gasteiger partial charge on any atom is 0.338 e. The molecule has 104 valence electrons. The Balaban J connectivity index is 3.29. The van der Waals surface area contributed by atoms with E-state index in [1.807, 2.05) is 13.8 Å². The van der Waals surface area contributed by atoms with E-state index in [-0.39, 0.29) is 17.8 Å². The van der Waals surface area contributed by atoms with Crippen LogP contribution in [-0.4, -0.2) is 22.1 Å². The van der Waals surface area contributed by atoms with Crippen molar-refractivity contribution in [3.05, 3.63) is 33.6 Å². The lowest BCUT2D eigenvalue weighted by atomic mass is 10.1. The fourth-order valence-electron chi connectivity index (χ4n) is 1.28. The monoisotopic (exact) mass is 271 g/mol. The van der Waals surface area contributed by atoms with Crippen LogP contribution in [0, 0.1) is 21.8 Å². The highest BCUT2D eigenvalue weighted by atomic mass is 19.1. The summed E-state index contributed by atoms with van der Waals surface area (Å²) in [7, 11) is 0. The largest absolute Gasteiger partial charge is 0.484 e. The number of nitro benzene ring substituents is 1. The zero-order valence-electron chi connectivity index (χ0n) is 10.7. The molecule has 1 aromatic rings. The number of carboxylic acid groups (broad SMARTS) is 1. The highest BCUT2D eigenvalue weighted by molar-refractivity contribution is 5.89. The van der Waals surface area contributed by atoms with Crippen LogP contribution in [0.5, 0.6) is 5.75 Å². The molecule has 0 bridgehead atoms. The highest BCUT2D eigenvalue weighted by Gasteiger charge is 2.24. The van der Waals surface area contributed by atoms with Gasteiger partial charge in [0.25, 0.3) is 0 Å². The van der Waals surface area contributed by atoms with Crippen molar-refractivity contribution >= 4 is 11.7 Å². The number of carbonyl (C=O) groups is 1. The zero-order valence-corrected chi connectivity index (χ0v) is 10.7. The molecule has 1 N–H and O–H groups in total. The fourth-order valence-corrected chi connectivity index (χ4v) is 1.28. The van der Waals surface area contributed by atoms with Crippen molar-refractivity contribution in [2.45, 2.75) is 26.9 Å². The number of nitrogens with zero attached hydrogens (tertiary/aromatic N) is 1. The van der Waals surface area contributed by atoms with Crippen LogP contribution in [0.2, 0.25) is 0 Å². The SMILES string of the molecule is CC(C)C(C)Oc1cc(C(=O)O)c(F)cc1[N+](=O)[O-]. The molecule has 0 spiro atoms. The predicted octanol–water partition coefficient (Wildman–Crippen LogP) is 2.86. The second-order valence-corrected chi connectivity index (χ2v) is 4.43. The Morgan fingerprint density at radius 3 is 2.42 bits per heavy atom. The molecule has 0 aliphatic rings. The Hall–Kier alpha value is -2.18. The van der Waals surface area contributed by atoms with Crippen LogP contribution >= 0.6 is 0 Å². The third-order valence-corrected chi connectivity index (χ3v) is 2.73. The van der Waals surface area contributed by atoms with Crippen LogP contribution in [0.15, 0.2) is 12.1 Å². The van der Waals surface area contributed by atoms with Crippen LogP contribution in [0.1, 0.15) is 31.1 Å². The van der Waals surface area contributed by atoms with Gasteiger partial charge in [0.05, 0.1) is 22.7 Å². The zero-order chi connectivity index (χ0) is 14.7. The molecule has 1 aromatic carbocycles. The highest BCUT2D eigenvalue weighted by Crippen LogP contribution is 2.31. The molecule has 0 radical (unpaired) electrons. The van der Waals surface area contributed by atoms with Crippen molar-refractivity contribution in [1.29, 1.82) is 0 Å². The van der Waals surface area contributed by atoms with Gasteiger partial charge in [-0.15, -0.1) is 0 Å². The average molecular weight is 271 g/mol. The molecule has 0 aliphatic carbocycles. The Labute approximate surface area is 109 Å². The number of hydrogen-bond donors (Lipinski definition) is 1. The number of rotatable bonds is 5. The topological polar surface area (TPSA) is 89.7 Å². The van der Waals surface area contributed by atoms with Crippen LogP contribution in [-0.2, 0) is 0 Å². The number of benzene rings is 1. The minimum atomic E-state index is -1.51. The average Bonchev–Trinajstić information content (AvgIpc) is 2.29. The summed E-state index contributed by atoms with van der Waals surface area (Å²) in [5.41, 5.74) is -1.24. The van der Waals surface area contributed by atoms with Gasteiger partial charge in [0.15, 0.2) is 5.75 Å². The lowest BCUT2D eigenvalue weighted by Gasteiger charge is -2.18. The van der Waals surface area contributed by atoms with Crippen molar-refractivity contribution in [2.75, 3.05) is 0 Å². The normalized spacial score (nSPS) is 12.3. The first-order chi connectivity index (χ1) is 8.73. The molecule has 0 saturated carbocycles. The first-order valence-electron chi connectivity index (χ1n) is 5.62. The van der Waals surface area contributed by atoms with E-state index in [1.54, 1.807) is 6.92 Å². The molecule has 0 saturated heterocycles. The maximum absolute atomic E-state index is 13.4. The molecule has 0 amide bonds. The molecule has 19 heavy (non-hydrogen) atoms. The summed E-state index contributed by atoms with van der Waals surface area (Å²) in [6.07, 6.45) is -0.370. The molecule has 7 heteroatoms. The fraction of sp³-hybridized carbons (Fsp3) is 0.417. The van der Waals surface area contributed by atoms with Gasteiger partial charge in [-0.25, -0.2) is 9.18 Å². The second-order valence-electron chi connectivity index (χ2n) is 4.43. The van der Waals surface area contributed by atoms with Crippen LogP contribution in [0.25, 0.3) is 0 Å². The summed E-state index contributed by atoms with van der Waals surface area (Å²) in [6, 6.07) is 1.40. The molecule has 1 unspecified atom stereocenters. The molecule has 1 rings (SSSR count). The van der Waals surface area contributed by atoms with Crippen LogP contribution in [0.3, 0.4) is 0 Å². The second kappa shape index (κ2) is 5.64. The van der Waals surface area contributed by atoms with E-state index in [0.717, 1.165) is 6.07 Å². The lowest BCUT2D eigenvalue weighted by molar-refractivity contribution is -0.386. The van der Waals surface area contributed by atoms with Gasteiger partial charge in [-0.1, -0.05) is 13.8 Å². The van der Waals surface area contributed by atoms with Crippen molar-refractivity contribution in [3.8, 4) is 5.75 Å². The Morgan fingerprint density at radius 2 is 2.00 bits per heavy atom. The molecule has 1 atom stereocenters. The number of halogens is 1. The predicted molar refractivity (Wildman–Crippen MR) is 64.9 cm³/mol. The molecule has 0 aromatic heterocycles. The summed E-state index contributed by atoms with van der Waals surface area (Å²) in [4.78, 5) is 20.8. The van der Waals surface area contributed by atoms with E-state index >= 15 is 0 Å². The quantitative estimate of drug-likeness (QED) is 0.657. The number of carboxylic acids is 1. The Kier molecular flexibility index (Phi) is 4.42. The molecule has 0 aliphatic heterocycles. The number of aromatic carboxylic acids is 1. The van der Waals surface area contributed by atoms with Gasteiger partial charge in [-0.2, -0.15) is 0 Å². The van der Waals surface area contributed by atoms with Crippen LogP contribution in [0.4, 0.5) is 10.1 Å². The Morgan fingerprint density at radius 1 is 1.42 bits per heavy atom. The first-order valence-corrected chi connectivity index (χ1v) is 5.62. The van der Waals surface area contributed by atoms with Gasteiger partial charge in [0, 0.05) is 6.07 Å². The summed E-state index contributed by atoms with van der Waals surface area (Å²) < 4.78 is 18.7. The van der Waals surface area contributed by atoms with Crippen molar-refractivity contribution in [3.63, 3.8) is 0 Å². The van der Waals surface area contributed by atoms with Crippen LogP contribution < -0.4 is 4.74 Å². The Bertz CT molecular complexity index is 515. The molecule has 0 fully saturated rings. The van der Waals surface area contributed by atoms with E-state index < -0.39 is 28.0 Å². The summed E-state index contributed by atoms with van der Waals surface area (Å²) in [5.74, 6) is -2.85. The summed E-state index contributed by atoms with van der Waals surface area (Å²) in [5, 5.41) is 19.6. The van der Waals surface area contributed by atoms with E-state index in [0.29, 0.717) is 6.07 Å². The molecular weight excluding hydrogens is 257 g/mol. The van der Waals surface area contributed by atoms with Gasteiger partial charge >= 0.3 is 11.7 Å². The molecule has 6 nitrogen and oxygen atoms in total. The lowest BCUT2D eigenvalue weighted by Crippen LogP contribution is -2.19. The van der Waals surface area contributed by atoms with Gasteiger partial charge in [-0.05, 0) is 12.8 Å². The maximum atomic E-state index is 13.4. The third-order valence-electron chi connectivity index (χ3n) is 2.73. The third kappa shape index (κ3) is 3.40. The van der Waals surface area contributed by atoms with E-state index in [4.69, 9.17) is 9.84 Å². The summed E-state index contributed by atoms with van der Waals surface area (Å²) >= 11 is 0. The minimum absolute atomic E-state index is 0.0675. The number of hydrogen-bond acceptors (Lipinski definition) is 4. The smallest absolute Gasteiger partial charge is 0.338 e. The number of nitro groups is 1. The van der Waals surface area contributed by atoms with Crippen molar-refractivity contribution in [1.82, 2.24) is 0 Å². The van der Waals surface area contributed by atoms with E-state index in [1.165, 1.54) is 0 Å². The minimum Gasteiger partial charge on any atom is -0.484 e. The van der Waals surface area contributed by atoms with E-state index in [9.17, 15) is 19.3 Å². The molecular formula is C12H14FNO5. The van der Waals surface area contributed by atoms with Crippen molar-refractivity contribution in [2.24, 2.45) is 5.92 Å². The van der Waals surface area contributed by atoms with Gasteiger partial charge in [0.2, 0.25) is 0 Å². The standard InChI is InChI=1S/C12H14FNO5/c1-6(2)7(3)19-11-4-8(12(15)16)9(13)5-10(11)14(17)18/h4-7H,1-3H3,(H,15,16). The van der Waals surface area contributed by atoms with Crippen molar-refractivity contribution < 1.29 is 24.0 Å². The number of ether oxygens (including phenoxy) is 1. The first kappa shape index (κ1) is 14.9. The molecule has 0 heterocycles. The summed E-state index contributed by atoms with van der Waals surface area (Å²) in [6.45, 7) is 5.38. The van der Waals surface area contributed by atoms with Gasteiger partial charge in [-0.3, -0.25) is 10.1 Å². The van der Waals surface area contributed by atoms with Gasteiger partial charge in [0.1, 0.15) is 5.82 Å². The van der Waals surface area contributed by atoms with E-state index in [2.05, 4.69) is 0 Å². The van der Waals surface area contributed by atoms with Gasteiger partial charge < -0.3 is 9.84 Å².